The van der Waals surface area contributed by atoms with Crippen molar-refractivity contribution in [3.63, 3.8) is 0 Å². The van der Waals surface area contributed by atoms with Crippen LogP contribution in [0.15, 0.2) is 54.7 Å². The van der Waals surface area contributed by atoms with Crippen molar-refractivity contribution in [2.24, 2.45) is 5.41 Å². The predicted octanol–water partition coefficient (Wildman–Crippen LogP) is 5.59. The molecule has 1 saturated heterocycles. The van der Waals surface area contributed by atoms with Gasteiger partial charge >= 0.3 is 18.3 Å². The molecule has 4 rings (SSSR count). The van der Waals surface area contributed by atoms with Crippen molar-refractivity contribution in [3.05, 3.63) is 77.1 Å². The number of amides is 1. The summed E-state index contributed by atoms with van der Waals surface area (Å²) in [4.78, 5) is 29.6. The van der Waals surface area contributed by atoms with Crippen LogP contribution in [0.1, 0.15) is 35.2 Å². The minimum absolute atomic E-state index is 0.556. The molecule has 1 amide bonds. The van der Waals surface area contributed by atoms with Crippen LogP contribution in [0.4, 0.5) is 26.3 Å². The van der Waals surface area contributed by atoms with Crippen molar-refractivity contribution >= 4 is 22.6 Å². The highest BCUT2D eigenvalue weighted by molar-refractivity contribution is 5.87. The Morgan fingerprint density at radius 1 is 1.00 bits per heavy atom. The summed E-state index contributed by atoms with van der Waals surface area (Å²) in [7, 11) is 4.19. The zero-order valence-corrected chi connectivity index (χ0v) is 24.7. The van der Waals surface area contributed by atoms with Gasteiger partial charge in [0.1, 0.15) is 12.0 Å². The molecule has 0 unspecified atom stereocenters. The molecule has 0 spiro atoms. The number of pyridine rings is 1. The molecule has 2 aromatic carbocycles. The van der Waals surface area contributed by atoms with E-state index in [0.29, 0.717) is 0 Å². The molecule has 1 aliphatic rings. The molecular formula is C31H36F6N4O3. The Hall–Kier alpha value is -3.71. The van der Waals surface area contributed by atoms with E-state index < -0.39 is 68.7 Å². The number of alkyl halides is 6. The fraction of sp³-hybridized carbons (Fsp3) is 0.452. The van der Waals surface area contributed by atoms with E-state index in [9.17, 15) is 35.9 Å². The number of halogens is 6. The summed E-state index contributed by atoms with van der Waals surface area (Å²) in [5.41, 5.74) is 2.25. The number of likely N-dealkylation sites (tertiary alicyclic amines) is 1. The summed E-state index contributed by atoms with van der Waals surface area (Å²) in [5.74, 6) is -3.03. The topological polar surface area (TPSA) is 85.8 Å². The number of nitrogens with one attached hydrogen (secondary N) is 1. The number of nitrogens with zero attached hydrogens (tertiary/aromatic N) is 3. The Bertz CT molecular complexity index is 1430. The first kappa shape index (κ1) is 34.8. The summed E-state index contributed by atoms with van der Waals surface area (Å²) in [6.07, 6.45) is -8.40. The quantitative estimate of drug-likeness (QED) is 0.317. The van der Waals surface area contributed by atoms with Gasteiger partial charge in [-0.1, -0.05) is 42.0 Å². The summed E-state index contributed by atoms with van der Waals surface area (Å²) in [6.45, 7) is -0.349. The maximum Gasteiger partial charge on any atom is 0.403 e. The van der Waals surface area contributed by atoms with E-state index in [0.717, 1.165) is 23.6 Å². The van der Waals surface area contributed by atoms with E-state index in [1.165, 1.54) is 27.5 Å². The monoisotopic (exact) mass is 626 g/mol. The lowest BCUT2D eigenvalue weighted by atomic mass is 9.76. The first-order chi connectivity index (χ1) is 20.5. The summed E-state index contributed by atoms with van der Waals surface area (Å²) in [6, 6.07) is 17.5. The van der Waals surface area contributed by atoms with Gasteiger partial charge < -0.3 is 15.3 Å². The number of carboxylic acids is 1. The average molecular weight is 627 g/mol. The average Bonchev–Trinajstić information content (AvgIpc) is 2.91. The second-order valence-electron chi connectivity index (χ2n) is 11.3. The molecule has 1 aromatic heterocycles. The first-order valence-electron chi connectivity index (χ1n) is 13.9. The molecule has 240 valence electrons. The Balaban J connectivity index is 0.000000240. The summed E-state index contributed by atoms with van der Waals surface area (Å²) >= 11 is 0. The van der Waals surface area contributed by atoms with Crippen molar-refractivity contribution in [2.45, 2.75) is 45.1 Å². The smallest absolute Gasteiger partial charge is 0.403 e. The van der Waals surface area contributed by atoms with Gasteiger partial charge in [0.15, 0.2) is 0 Å². The normalized spacial score (nSPS) is 15.5. The van der Waals surface area contributed by atoms with Crippen LogP contribution in [0.3, 0.4) is 0 Å². The van der Waals surface area contributed by atoms with E-state index in [4.69, 9.17) is 5.11 Å². The van der Waals surface area contributed by atoms with E-state index in [2.05, 4.69) is 79.4 Å². The first-order valence-corrected chi connectivity index (χ1v) is 13.9. The lowest BCUT2D eigenvalue weighted by Gasteiger charge is -2.41. The zero-order chi connectivity index (χ0) is 32.7. The number of carbonyl (C=O) groups excluding carboxylic acids is 1. The van der Waals surface area contributed by atoms with Gasteiger partial charge in [-0.15, -0.1) is 0 Å². The fourth-order valence-corrected chi connectivity index (χ4v) is 5.22. The molecule has 44 heavy (non-hydrogen) atoms. The predicted molar refractivity (Wildman–Crippen MR) is 154 cm³/mol. The summed E-state index contributed by atoms with van der Waals surface area (Å²) < 4.78 is 76.2. The van der Waals surface area contributed by atoms with Gasteiger partial charge in [-0.2, -0.15) is 26.3 Å². The van der Waals surface area contributed by atoms with Crippen molar-refractivity contribution in [2.75, 3.05) is 40.3 Å². The van der Waals surface area contributed by atoms with Gasteiger partial charge in [0.2, 0.25) is 5.91 Å². The largest absolute Gasteiger partial charge is 0.480 e. The van der Waals surface area contributed by atoms with Crippen LogP contribution < -0.4 is 5.32 Å². The molecule has 0 bridgehead atoms. The molecule has 0 saturated carbocycles. The van der Waals surface area contributed by atoms with Crippen LogP contribution in [-0.2, 0) is 22.6 Å². The van der Waals surface area contributed by atoms with Crippen LogP contribution >= 0.6 is 0 Å². The number of aliphatic carboxylic acids is 1. The lowest BCUT2D eigenvalue weighted by Crippen LogP contribution is -2.57. The van der Waals surface area contributed by atoms with E-state index in [1.54, 1.807) is 5.32 Å². The van der Waals surface area contributed by atoms with Crippen molar-refractivity contribution in [1.29, 1.82) is 0 Å². The van der Waals surface area contributed by atoms with Crippen LogP contribution in [0.25, 0.3) is 10.8 Å². The molecule has 1 aliphatic heterocycles. The minimum atomic E-state index is -4.97. The number of carboxylic acid groups (broad SMARTS) is 1. The molecular weight excluding hydrogens is 590 g/mol. The van der Waals surface area contributed by atoms with E-state index in [-0.39, 0.29) is 0 Å². The number of hydrogen-bond acceptors (Lipinski definition) is 5. The van der Waals surface area contributed by atoms with Gasteiger partial charge in [0.05, 0.1) is 12.2 Å². The SMILES string of the molecule is Cc1cccc(Cc2nccc3cc(CN(C)C)ccc23)c1.O=C(O)CNC(=O)C1(C(F)(F)F)CCN(CC(F)(F)F)CC1. The van der Waals surface area contributed by atoms with Crippen LogP contribution in [0.5, 0.6) is 0 Å². The van der Waals surface area contributed by atoms with Crippen LogP contribution in [-0.4, -0.2) is 84.4 Å². The third-order valence-electron chi connectivity index (χ3n) is 7.35. The molecule has 2 N–H and O–H groups in total. The van der Waals surface area contributed by atoms with Crippen molar-refractivity contribution < 1.29 is 41.0 Å². The Morgan fingerprint density at radius 2 is 1.68 bits per heavy atom. The molecule has 13 heteroatoms. The Morgan fingerprint density at radius 3 is 2.25 bits per heavy atom. The minimum Gasteiger partial charge on any atom is -0.480 e. The fourth-order valence-electron chi connectivity index (χ4n) is 5.22. The number of piperidine rings is 1. The van der Waals surface area contributed by atoms with Gasteiger partial charge in [-0.05, 0) is 75.6 Å². The molecule has 3 aromatic rings. The number of aryl methyl sites for hydroxylation is 1. The second-order valence-corrected chi connectivity index (χ2v) is 11.3. The number of rotatable bonds is 8. The van der Waals surface area contributed by atoms with Gasteiger partial charge in [-0.25, -0.2) is 0 Å². The molecule has 0 aliphatic carbocycles. The van der Waals surface area contributed by atoms with Gasteiger partial charge in [0, 0.05) is 24.5 Å². The second kappa shape index (κ2) is 14.4. The number of fused-ring (bicyclic) bond motifs is 1. The molecule has 0 radical (unpaired) electrons. The summed E-state index contributed by atoms with van der Waals surface area (Å²) in [5, 5.41) is 12.6. The molecule has 1 fully saturated rings. The van der Waals surface area contributed by atoms with Gasteiger partial charge in [0.25, 0.3) is 0 Å². The lowest BCUT2D eigenvalue weighted by molar-refractivity contribution is -0.236. The van der Waals surface area contributed by atoms with Crippen molar-refractivity contribution in [1.82, 2.24) is 20.1 Å². The van der Waals surface area contributed by atoms with Crippen LogP contribution in [0, 0.1) is 12.3 Å². The Kier molecular flexibility index (Phi) is 11.4. The standard InChI is InChI=1S/C20H22N2.C11H14F6N2O3/c1-15-5-4-6-16(11-15)13-20-19-8-7-17(14-22(2)3)12-18(19)9-10-21-20;12-10(13,14)6-19-3-1-9(2-4-19,11(15,16)17)8(22)18-5-7(20)21/h4-12H,13-14H2,1-3H3;1-6H2,(H,18,22)(H,20,21). The third-order valence-corrected chi connectivity index (χ3v) is 7.35. The maximum absolute atomic E-state index is 13.2. The molecule has 7 nitrogen and oxygen atoms in total. The third kappa shape index (κ3) is 9.65. The highest BCUT2D eigenvalue weighted by Gasteiger charge is 2.61. The molecule has 2 heterocycles. The maximum atomic E-state index is 13.2. The Labute approximate surface area is 251 Å². The number of aromatic nitrogens is 1. The van der Waals surface area contributed by atoms with Gasteiger partial charge in [-0.3, -0.25) is 19.5 Å². The highest BCUT2D eigenvalue weighted by atomic mass is 19.4. The van der Waals surface area contributed by atoms with Crippen molar-refractivity contribution in [3.8, 4) is 0 Å². The van der Waals surface area contributed by atoms with E-state index >= 15 is 0 Å². The number of carbonyl (C=O) groups is 2. The number of hydrogen-bond donors (Lipinski definition) is 2. The molecule has 0 atom stereocenters. The van der Waals surface area contributed by atoms with Crippen LogP contribution in [0.2, 0.25) is 0 Å². The highest BCUT2D eigenvalue weighted by Crippen LogP contribution is 2.46. The number of benzene rings is 2. The zero-order valence-electron chi connectivity index (χ0n) is 24.7. The van der Waals surface area contributed by atoms with E-state index in [1.807, 2.05) is 6.20 Å².